The summed E-state index contributed by atoms with van der Waals surface area (Å²) in [7, 11) is 0. The number of esters is 1. The monoisotopic (exact) mass is 393 g/mol. The van der Waals surface area contributed by atoms with Crippen LogP contribution in [0.4, 0.5) is 0 Å². The van der Waals surface area contributed by atoms with Crippen LogP contribution in [-0.4, -0.2) is 57.9 Å². The van der Waals surface area contributed by atoms with Crippen molar-refractivity contribution >= 4 is 27.5 Å². The van der Waals surface area contributed by atoms with E-state index in [9.17, 15) is 14.7 Å². The number of carbonyl (C=O) groups is 1. The van der Waals surface area contributed by atoms with Crippen molar-refractivity contribution in [3.63, 3.8) is 0 Å². The molecule has 0 spiro atoms. The van der Waals surface area contributed by atoms with Crippen molar-refractivity contribution in [2.75, 3.05) is 26.2 Å². The van der Waals surface area contributed by atoms with E-state index in [1.165, 1.54) is 22.2 Å². The van der Waals surface area contributed by atoms with Crippen molar-refractivity contribution in [2.24, 2.45) is 5.92 Å². The van der Waals surface area contributed by atoms with E-state index in [4.69, 9.17) is 4.74 Å². The van der Waals surface area contributed by atoms with Crippen LogP contribution in [0.1, 0.15) is 41.9 Å². The Morgan fingerprint density at radius 1 is 1.41 bits per heavy atom. The first-order valence-electron chi connectivity index (χ1n) is 9.46. The van der Waals surface area contributed by atoms with Crippen LogP contribution in [0.5, 0.6) is 0 Å². The fraction of sp³-hybridized carbons (Fsp3) is 0.632. The van der Waals surface area contributed by atoms with Crippen molar-refractivity contribution in [2.45, 2.75) is 46.3 Å². The largest absolute Gasteiger partial charge is 0.462 e. The molecular weight excluding hydrogens is 366 g/mol. The predicted molar refractivity (Wildman–Crippen MR) is 105 cm³/mol. The zero-order valence-electron chi connectivity index (χ0n) is 16.1. The molecule has 0 aliphatic carbocycles. The molecule has 1 aliphatic heterocycles. The van der Waals surface area contributed by atoms with Crippen molar-refractivity contribution < 1.29 is 14.6 Å². The van der Waals surface area contributed by atoms with Crippen molar-refractivity contribution in [3.05, 3.63) is 27.1 Å². The minimum Gasteiger partial charge on any atom is -0.462 e. The number of carbonyl (C=O) groups excluding carboxylic acids is 1. The highest BCUT2D eigenvalue weighted by Gasteiger charge is 2.22. The summed E-state index contributed by atoms with van der Waals surface area (Å²) in [6, 6.07) is 0. The van der Waals surface area contributed by atoms with Gasteiger partial charge < -0.3 is 14.7 Å². The molecule has 0 amide bonds. The number of nitrogens with zero attached hydrogens (tertiary/aromatic N) is 3. The van der Waals surface area contributed by atoms with Crippen LogP contribution in [0.25, 0.3) is 10.2 Å². The van der Waals surface area contributed by atoms with Crippen LogP contribution in [0.2, 0.25) is 0 Å². The van der Waals surface area contributed by atoms with E-state index in [0.29, 0.717) is 27.2 Å². The number of likely N-dealkylation sites (tertiary alicyclic amines) is 1. The van der Waals surface area contributed by atoms with Gasteiger partial charge in [-0.25, -0.2) is 9.78 Å². The number of ether oxygens (including phenoxy) is 1. The number of hydrogen-bond acceptors (Lipinski definition) is 7. The lowest BCUT2D eigenvalue weighted by Crippen LogP contribution is -2.40. The second-order valence-electron chi connectivity index (χ2n) is 7.30. The molecule has 0 saturated carbocycles. The topological polar surface area (TPSA) is 84.7 Å². The lowest BCUT2D eigenvalue weighted by molar-refractivity contribution is 0.0531. The van der Waals surface area contributed by atoms with Crippen LogP contribution in [0, 0.1) is 12.8 Å². The smallest absolute Gasteiger partial charge is 0.348 e. The molecule has 7 nitrogen and oxygen atoms in total. The molecule has 0 bridgehead atoms. The highest BCUT2D eigenvalue weighted by atomic mass is 32.1. The third-order valence-corrected chi connectivity index (χ3v) is 6.31. The zero-order chi connectivity index (χ0) is 19.6. The Morgan fingerprint density at radius 3 is 2.78 bits per heavy atom. The number of rotatable bonds is 6. The number of aliphatic hydroxyl groups is 1. The van der Waals surface area contributed by atoms with E-state index in [-0.39, 0.29) is 18.7 Å². The van der Waals surface area contributed by atoms with E-state index in [2.05, 4.69) is 16.8 Å². The minimum atomic E-state index is -0.640. The molecule has 8 heteroatoms. The number of piperidine rings is 1. The molecule has 1 atom stereocenters. The highest BCUT2D eigenvalue weighted by molar-refractivity contribution is 7.20. The molecular formula is C19H27N3O4S. The molecule has 3 rings (SSSR count). The van der Waals surface area contributed by atoms with Gasteiger partial charge in [0.2, 0.25) is 0 Å². The van der Waals surface area contributed by atoms with Gasteiger partial charge in [-0.2, -0.15) is 0 Å². The summed E-state index contributed by atoms with van der Waals surface area (Å²) in [5, 5.41) is 10.9. The quantitative estimate of drug-likeness (QED) is 0.756. The van der Waals surface area contributed by atoms with Crippen LogP contribution in [0.15, 0.2) is 11.1 Å². The van der Waals surface area contributed by atoms with E-state index >= 15 is 0 Å². The van der Waals surface area contributed by atoms with Gasteiger partial charge in [0, 0.05) is 6.54 Å². The molecule has 0 radical (unpaired) electrons. The Bertz CT molecular complexity index is 868. The third kappa shape index (κ3) is 4.39. The summed E-state index contributed by atoms with van der Waals surface area (Å²) in [6.07, 6.45) is 3.10. The summed E-state index contributed by atoms with van der Waals surface area (Å²) in [6.45, 7) is 8.73. The van der Waals surface area contributed by atoms with Gasteiger partial charge in [-0.1, -0.05) is 6.92 Å². The molecule has 3 heterocycles. The molecule has 2 aromatic heterocycles. The first-order chi connectivity index (χ1) is 12.9. The average molecular weight is 394 g/mol. The Kier molecular flexibility index (Phi) is 6.29. The normalized spacial score (nSPS) is 17.3. The first-order valence-corrected chi connectivity index (χ1v) is 10.3. The minimum absolute atomic E-state index is 0.192. The molecule has 1 N–H and O–H groups in total. The SMILES string of the molecule is CCOC(=O)c1sc2ncn(CC(O)CN3CCC(C)CC3)c(=O)c2c1C. The summed E-state index contributed by atoms with van der Waals surface area (Å²) in [5.41, 5.74) is 0.371. The molecule has 1 unspecified atom stereocenters. The second-order valence-corrected chi connectivity index (χ2v) is 8.29. The fourth-order valence-corrected chi connectivity index (χ4v) is 4.54. The van der Waals surface area contributed by atoms with Gasteiger partial charge in [-0.3, -0.25) is 9.36 Å². The number of aromatic nitrogens is 2. The van der Waals surface area contributed by atoms with Crippen molar-refractivity contribution in [3.8, 4) is 0 Å². The summed E-state index contributed by atoms with van der Waals surface area (Å²) >= 11 is 1.17. The maximum absolute atomic E-state index is 12.9. The van der Waals surface area contributed by atoms with Gasteiger partial charge in [0.25, 0.3) is 5.56 Å². The van der Waals surface area contributed by atoms with Gasteiger partial charge in [-0.05, 0) is 51.3 Å². The molecule has 2 aromatic rings. The molecule has 27 heavy (non-hydrogen) atoms. The van der Waals surface area contributed by atoms with E-state index in [1.807, 2.05) is 0 Å². The maximum Gasteiger partial charge on any atom is 0.348 e. The molecule has 0 aromatic carbocycles. The number of fused-ring (bicyclic) bond motifs is 1. The van der Waals surface area contributed by atoms with Crippen molar-refractivity contribution in [1.29, 1.82) is 0 Å². The Balaban J connectivity index is 1.77. The zero-order valence-corrected chi connectivity index (χ0v) is 16.9. The van der Waals surface area contributed by atoms with Crippen LogP contribution in [0.3, 0.4) is 0 Å². The van der Waals surface area contributed by atoms with Crippen LogP contribution >= 0.6 is 11.3 Å². The van der Waals surface area contributed by atoms with Crippen molar-refractivity contribution in [1.82, 2.24) is 14.5 Å². The van der Waals surface area contributed by atoms with Crippen LogP contribution < -0.4 is 5.56 Å². The number of aliphatic hydroxyl groups excluding tert-OH is 1. The van der Waals surface area contributed by atoms with Gasteiger partial charge in [0.05, 0.1) is 31.0 Å². The number of β-amino-alcohol motifs (C(OH)–C–C–N with tert-alkyl or cyclic N) is 1. The maximum atomic E-state index is 12.9. The predicted octanol–water partition coefficient (Wildman–Crippen LogP) is 2.04. The van der Waals surface area contributed by atoms with Gasteiger partial charge in [-0.15, -0.1) is 11.3 Å². The Hall–Kier alpha value is -1.77. The van der Waals surface area contributed by atoms with Gasteiger partial charge in [0.1, 0.15) is 9.71 Å². The van der Waals surface area contributed by atoms with Gasteiger partial charge in [0.15, 0.2) is 0 Å². The standard InChI is InChI=1S/C19H27N3O4S/c1-4-26-19(25)16-13(3)15-17(27-16)20-11-22(18(15)24)10-14(23)9-21-7-5-12(2)6-8-21/h11-12,14,23H,4-10H2,1-3H3. The summed E-state index contributed by atoms with van der Waals surface area (Å²) in [5.74, 6) is 0.311. The van der Waals surface area contributed by atoms with Gasteiger partial charge >= 0.3 is 5.97 Å². The first kappa shape index (κ1) is 20.0. The lowest BCUT2D eigenvalue weighted by atomic mass is 9.99. The van der Waals surface area contributed by atoms with E-state index in [1.54, 1.807) is 13.8 Å². The second kappa shape index (κ2) is 8.50. The van der Waals surface area contributed by atoms with E-state index in [0.717, 1.165) is 31.8 Å². The molecule has 1 saturated heterocycles. The summed E-state index contributed by atoms with van der Waals surface area (Å²) < 4.78 is 6.49. The van der Waals surface area contributed by atoms with Crippen LogP contribution in [-0.2, 0) is 11.3 Å². The lowest BCUT2D eigenvalue weighted by Gasteiger charge is -2.31. The number of aryl methyl sites for hydroxylation is 1. The molecule has 148 valence electrons. The average Bonchev–Trinajstić information content (AvgIpc) is 2.97. The number of hydrogen-bond donors (Lipinski definition) is 1. The van der Waals surface area contributed by atoms with E-state index < -0.39 is 12.1 Å². The Morgan fingerprint density at radius 2 is 2.11 bits per heavy atom. The molecule has 1 fully saturated rings. The highest BCUT2D eigenvalue weighted by Crippen LogP contribution is 2.27. The Labute approximate surface area is 162 Å². The number of thiophene rings is 1. The summed E-state index contributed by atoms with van der Waals surface area (Å²) in [4.78, 5) is 32.4. The molecule has 1 aliphatic rings. The fourth-order valence-electron chi connectivity index (χ4n) is 3.51. The third-order valence-electron chi connectivity index (χ3n) is 5.13.